The van der Waals surface area contributed by atoms with Crippen molar-refractivity contribution in [3.8, 4) is 11.5 Å². The van der Waals surface area contributed by atoms with Crippen molar-refractivity contribution in [3.05, 3.63) is 47.9 Å². The predicted molar refractivity (Wildman–Crippen MR) is 107 cm³/mol. The molecule has 1 N–H and O–H groups in total. The van der Waals surface area contributed by atoms with Crippen molar-refractivity contribution < 1.29 is 18.7 Å². The summed E-state index contributed by atoms with van der Waals surface area (Å²) in [5, 5.41) is 3.14. The average Bonchev–Trinajstić information content (AvgIpc) is 3.44. The molecule has 5 nitrogen and oxygen atoms in total. The molecular weight excluding hydrogens is 354 g/mol. The summed E-state index contributed by atoms with van der Waals surface area (Å²) in [5.41, 5.74) is 0. The molecule has 150 valence electrons. The maximum Gasteiger partial charge on any atom is 0.287 e. The highest BCUT2D eigenvalue weighted by Gasteiger charge is 2.42. The summed E-state index contributed by atoms with van der Waals surface area (Å²) in [7, 11) is 0. The molecule has 1 heterocycles. The third kappa shape index (κ3) is 4.18. The van der Waals surface area contributed by atoms with Crippen LogP contribution in [0.5, 0.6) is 11.5 Å². The van der Waals surface area contributed by atoms with Crippen molar-refractivity contribution in [3.63, 3.8) is 0 Å². The second-order valence-electron chi connectivity index (χ2n) is 8.06. The topological polar surface area (TPSA) is 60.7 Å². The first kappa shape index (κ1) is 18.9. The first-order chi connectivity index (χ1) is 13.6. The van der Waals surface area contributed by atoms with Crippen LogP contribution in [0, 0.1) is 17.8 Å². The molecule has 4 rings (SSSR count). The molecule has 2 fully saturated rings. The second kappa shape index (κ2) is 8.29. The number of nitrogens with one attached hydrogen (secondary N) is 1. The molecule has 0 saturated heterocycles. The molecule has 2 saturated carbocycles. The Balaban J connectivity index is 1.28. The van der Waals surface area contributed by atoms with E-state index in [2.05, 4.69) is 12.2 Å². The summed E-state index contributed by atoms with van der Waals surface area (Å²) in [6, 6.07) is 11.2. The van der Waals surface area contributed by atoms with E-state index in [-0.39, 0.29) is 18.6 Å². The largest absolute Gasteiger partial charge is 0.494 e. The lowest BCUT2D eigenvalue weighted by Crippen LogP contribution is -2.40. The van der Waals surface area contributed by atoms with Crippen molar-refractivity contribution >= 4 is 5.91 Å². The number of rotatable bonds is 8. The lowest BCUT2D eigenvalue weighted by Gasteiger charge is -2.28. The number of benzene rings is 1. The van der Waals surface area contributed by atoms with Crippen LogP contribution in [0.3, 0.4) is 0 Å². The van der Waals surface area contributed by atoms with Gasteiger partial charge in [-0.3, -0.25) is 4.79 Å². The molecule has 2 aromatic rings. The fourth-order valence-corrected chi connectivity index (χ4v) is 4.82. The van der Waals surface area contributed by atoms with Crippen LogP contribution in [0.25, 0.3) is 0 Å². The Hall–Kier alpha value is -2.43. The number of ether oxygens (including phenoxy) is 2. The van der Waals surface area contributed by atoms with Crippen molar-refractivity contribution in [2.24, 2.45) is 17.8 Å². The Morgan fingerprint density at radius 3 is 2.50 bits per heavy atom. The number of carbonyl (C=O) groups is 1. The van der Waals surface area contributed by atoms with Gasteiger partial charge in [0.2, 0.25) is 0 Å². The number of hydrogen-bond acceptors (Lipinski definition) is 4. The third-order valence-electron chi connectivity index (χ3n) is 6.20. The number of hydrogen-bond donors (Lipinski definition) is 1. The normalized spacial score (nSPS) is 24.1. The first-order valence-corrected chi connectivity index (χ1v) is 10.4. The number of carbonyl (C=O) groups excluding carboxylic acids is 1. The molecule has 2 aliphatic carbocycles. The van der Waals surface area contributed by atoms with Gasteiger partial charge in [-0.2, -0.15) is 0 Å². The summed E-state index contributed by atoms with van der Waals surface area (Å²) in [6.07, 6.45) is 5.30. The van der Waals surface area contributed by atoms with E-state index in [0.29, 0.717) is 24.0 Å². The molecule has 0 aliphatic heterocycles. The molecule has 28 heavy (non-hydrogen) atoms. The van der Waals surface area contributed by atoms with E-state index in [1.807, 2.05) is 31.2 Å². The van der Waals surface area contributed by atoms with E-state index in [1.54, 1.807) is 12.1 Å². The van der Waals surface area contributed by atoms with Gasteiger partial charge in [-0.15, -0.1) is 0 Å². The Labute approximate surface area is 166 Å². The summed E-state index contributed by atoms with van der Waals surface area (Å²) in [6.45, 7) is 5.00. The molecule has 5 heteroatoms. The van der Waals surface area contributed by atoms with Gasteiger partial charge in [0.1, 0.15) is 23.9 Å². The van der Waals surface area contributed by atoms with E-state index >= 15 is 0 Å². The van der Waals surface area contributed by atoms with Crippen LogP contribution >= 0.6 is 0 Å². The van der Waals surface area contributed by atoms with E-state index in [0.717, 1.165) is 23.3 Å². The highest BCUT2D eigenvalue weighted by Crippen LogP contribution is 2.49. The molecule has 0 radical (unpaired) electrons. The molecule has 4 atom stereocenters. The van der Waals surface area contributed by atoms with E-state index < -0.39 is 0 Å². The van der Waals surface area contributed by atoms with Crippen molar-refractivity contribution in [2.75, 3.05) is 6.61 Å². The summed E-state index contributed by atoms with van der Waals surface area (Å²) >= 11 is 0. The zero-order chi connectivity index (χ0) is 19.5. The number of amides is 1. The minimum atomic E-state index is -0.136. The molecule has 2 bridgehead atoms. The molecule has 1 aromatic carbocycles. The molecule has 4 unspecified atom stereocenters. The maximum atomic E-state index is 12.5. The standard InChI is InChI=1S/C23H29NO4/c1-3-26-18-6-8-19(9-7-18)27-14-20-10-11-22(28-20)23(25)24-15(2)21-13-16-4-5-17(21)12-16/h6-11,15-17,21H,3-5,12-14H2,1-2H3,(H,24,25). The van der Waals surface area contributed by atoms with Crippen molar-refractivity contribution in [1.29, 1.82) is 0 Å². The summed E-state index contributed by atoms with van der Waals surface area (Å²) < 4.78 is 16.8. The zero-order valence-electron chi connectivity index (χ0n) is 16.6. The molecular formula is C23H29NO4. The minimum absolute atomic E-state index is 0.136. The van der Waals surface area contributed by atoms with E-state index in [1.165, 1.54) is 25.7 Å². The summed E-state index contributed by atoms with van der Waals surface area (Å²) in [4.78, 5) is 12.5. The monoisotopic (exact) mass is 383 g/mol. The van der Waals surface area contributed by atoms with E-state index in [9.17, 15) is 4.79 Å². The number of fused-ring (bicyclic) bond motifs is 2. The third-order valence-corrected chi connectivity index (χ3v) is 6.20. The van der Waals surface area contributed by atoms with Crippen LogP contribution in [0.2, 0.25) is 0 Å². The van der Waals surface area contributed by atoms with Crippen LogP contribution in [-0.4, -0.2) is 18.6 Å². The maximum absolute atomic E-state index is 12.5. The van der Waals surface area contributed by atoms with Gasteiger partial charge in [0.05, 0.1) is 6.61 Å². The Kier molecular flexibility index (Phi) is 5.60. The highest BCUT2D eigenvalue weighted by atomic mass is 16.5. The fourth-order valence-electron chi connectivity index (χ4n) is 4.82. The van der Waals surface area contributed by atoms with Gasteiger partial charge in [-0.05, 0) is 87.3 Å². The van der Waals surface area contributed by atoms with Crippen LogP contribution in [0.15, 0.2) is 40.8 Å². The lowest BCUT2D eigenvalue weighted by atomic mass is 9.84. The number of furan rings is 1. The van der Waals surface area contributed by atoms with Gasteiger partial charge in [0.25, 0.3) is 5.91 Å². The molecule has 2 aliphatic rings. The van der Waals surface area contributed by atoms with Gasteiger partial charge >= 0.3 is 0 Å². The van der Waals surface area contributed by atoms with Crippen LogP contribution in [0.4, 0.5) is 0 Å². The van der Waals surface area contributed by atoms with Gasteiger partial charge < -0.3 is 19.2 Å². The fraction of sp³-hybridized carbons (Fsp3) is 0.522. The van der Waals surface area contributed by atoms with Gasteiger partial charge in [-0.1, -0.05) is 6.42 Å². The SMILES string of the molecule is CCOc1ccc(OCc2ccc(C(=O)NC(C)C3CC4CCC3C4)o2)cc1. The molecule has 0 spiro atoms. The lowest BCUT2D eigenvalue weighted by molar-refractivity contribution is 0.0883. The zero-order valence-corrected chi connectivity index (χ0v) is 16.6. The second-order valence-corrected chi connectivity index (χ2v) is 8.06. The quantitative estimate of drug-likeness (QED) is 0.710. The van der Waals surface area contributed by atoms with E-state index in [4.69, 9.17) is 13.9 Å². The van der Waals surface area contributed by atoms with Gasteiger partial charge in [0, 0.05) is 6.04 Å². The Morgan fingerprint density at radius 2 is 1.86 bits per heavy atom. The van der Waals surface area contributed by atoms with Crippen molar-refractivity contribution in [2.45, 2.75) is 52.2 Å². The molecule has 1 aromatic heterocycles. The Morgan fingerprint density at radius 1 is 1.11 bits per heavy atom. The minimum Gasteiger partial charge on any atom is -0.494 e. The van der Waals surface area contributed by atoms with Gasteiger partial charge in [-0.25, -0.2) is 0 Å². The Bertz CT molecular complexity index is 797. The van der Waals surface area contributed by atoms with Crippen LogP contribution in [-0.2, 0) is 6.61 Å². The van der Waals surface area contributed by atoms with Crippen LogP contribution < -0.4 is 14.8 Å². The van der Waals surface area contributed by atoms with Crippen LogP contribution in [0.1, 0.15) is 55.8 Å². The smallest absolute Gasteiger partial charge is 0.287 e. The highest BCUT2D eigenvalue weighted by molar-refractivity contribution is 5.91. The van der Waals surface area contributed by atoms with Gasteiger partial charge in [0.15, 0.2) is 5.76 Å². The van der Waals surface area contributed by atoms with Crippen molar-refractivity contribution in [1.82, 2.24) is 5.32 Å². The predicted octanol–water partition coefficient (Wildman–Crippen LogP) is 4.81. The molecule has 1 amide bonds. The average molecular weight is 383 g/mol. The summed E-state index contributed by atoms with van der Waals surface area (Å²) in [5.74, 6) is 4.67. The first-order valence-electron chi connectivity index (χ1n) is 10.4.